The lowest BCUT2D eigenvalue weighted by molar-refractivity contribution is -0.118. The second-order valence-corrected chi connectivity index (χ2v) is 9.23. The maximum atomic E-state index is 13.3. The first-order valence-electron chi connectivity index (χ1n) is 12.6. The molecule has 5 N–H and O–H groups in total. The summed E-state index contributed by atoms with van der Waals surface area (Å²) in [6.07, 6.45) is 3.92. The zero-order valence-electron chi connectivity index (χ0n) is 21.6. The van der Waals surface area contributed by atoms with E-state index in [4.69, 9.17) is 16.1 Å². The van der Waals surface area contributed by atoms with Gasteiger partial charge in [-0.05, 0) is 28.4 Å². The van der Waals surface area contributed by atoms with Gasteiger partial charge in [0.1, 0.15) is 12.2 Å². The Bertz CT molecular complexity index is 1750. The van der Waals surface area contributed by atoms with Crippen LogP contribution in [0, 0.1) is 0 Å². The zero-order chi connectivity index (χ0) is 28.3. The zero-order valence-corrected chi connectivity index (χ0v) is 21.6. The van der Waals surface area contributed by atoms with Gasteiger partial charge in [-0.25, -0.2) is 10.1 Å². The second-order valence-electron chi connectivity index (χ2n) is 9.23. The monoisotopic (exact) mass is 552 g/mol. The van der Waals surface area contributed by atoms with Crippen molar-refractivity contribution in [3.05, 3.63) is 83.3 Å². The summed E-state index contributed by atoms with van der Waals surface area (Å²) < 4.78 is 7.51. The maximum Gasteiger partial charge on any atom is 0.293 e. The van der Waals surface area contributed by atoms with E-state index in [1.54, 1.807) is 6.20 Å². The molecule has 4 heterocycles. The van der Waals surface area contributed by atoms with Crippen molar-refractivity contribution in [3.63, 3.8) is 0 Å². The first-order chi connectivity index (χ1) is 20.0. The molecule has 6 rings (SSSR count). The van der Waals surface area contributed by atoms with E-state index in [9.17, 15) is 9.59 Å². The van der Waals surface area contributed by atoms with E-state index < -0.39 is 11.8 Å². The molecule has 0 fully saturated rings. The largest absolute Gasteiger partial charge is 0.378 e. The minimum Gasteiger partial charge on any atom is -0.378 e. The van der Waals surface area contributed by atoms with Gasteiger partial charge in [0.2, 0.25) is 17.5 Å². The summed E-state index contributed by atoms with van der Waals surface area (Å²) in [4.78, 5) is 26.9. The molecule has 15 nitrogen and oxygen atoms in total. The van der Waals surface area contributed by atoms with Gasteiger partial charge in [-0.1, -0.05) is 53.7 Å². The highest BCUT2D eigenvalue weighted by atomic mass is 16.6. The normalized spacial score (nSPS) is 12.6. The highest BCUT2D eigenvalue weighted by Gasteiger charge is 2.28. The molecule has 1 aliphatic heterocycles. The number of para-hydroxylation sites is 1. The standard InChI is InChI=1S/C26H24N12O3/c27-21(39)15-37-13-18(22(32-37)17-7-2-1-3-8-17)12-29-31-26(40)23-20(38(35-30-23)25-24(28)33-41-34-25)14-36-11-10-16-6-4-5-9-19(16)36/h1-9,12-13H,10-11,14-15H2,(H2,27,39)(H2,28,33)(H,31,40). The average molecular weight is 553 g/mol. The summed E-state index contributed by atoms with van der Waals surface area (Å²) in [5, 5.41) is 24.3. The topological polar surface area (TPSA) is 201 Å². The fourth-order valence-electron chi connectivity index (χ4n) is 4.69. The van der Waals surface area contributed by atoms with Crippen LogP contribution in [0.1, 0.15) is 27.3 Å². The molecule has 0 atom stereocenters. The van der Waals surface area contributed by atoms with Crippen molar-refractivity contribution in [3.8, 4) is 17.1 Å². The molecular weight excluding hydrogens is 528 g/mol. The van der Waals surface area contributed by atoms with Crippen molar-refractivity contribution in [2.24, 2.45) is 10.8 Å². The van der Waals surface area contributed by atoms with Crippen LogP contribution in [0.3, 0.4) is 0 Å². The number of aromatic nitrogens is 7. The molecule has 0 aliphatic carbocycles. The molecule has 41 heavy (non-hydrogen) atoms. The van der Waals surface area contributed by atoms with Crippen molar-refractivity contribution < 1.29 is 14.2 Å². The van der Waals surface area contributed by atoms with Gasteiger partial charge in [0, 0.05) is 29.6 Å². The van der Waals surface area contributed by atoms with Crippen LogP contribution in [0.25, 0.3) is 17.1 Å². The highest BCUT2D eigenvalue weighted by Crippen LogP contribution is 2.30. The molecule has 2 amide bonds. The van der Waals surface area contributed by atoms with Crippen molar-refractivity contribution >= 4 is 29.5 Å². The molecule has 5 aromatic rings. The summed E-state index contributed by atoms with van der Waals surface area (Å²) >= 11 is 0. The van der Waals surface area contributed by atoms with Crippen LogP contribution in [0.15, 0.2) is 70.5 Å². The third-order valence-electron chi connectivity index (χ3n) is 6.52. The fraction of sp³-hybridized carbons (Fsp3) is 0.154. The summed E-state index contributed by atoms with van der Waals surface area (Å²) in [7, 11) is 0. The molecule has 0 unspecified atom stereocenters. The second kappa shape index (κ2) is 10.7. The average Bonchev–Trinajstić information content (AvgIpc) is 3.76. The lowest BCUT2D eigenvalue weighted by atomic mass is 10.1. The SMILES string of the molecule is NC(=O)Cn1cc(C=NNC(=O)c2nnn(-c3nonc3N)c2CN2CCc3ccccc32)c(-c2ccccc2)n1. The predicted octanol–water partition coefficient (Wildman–Crippen LogP) is 0.908. The van der Waals surface area contributed by atoms with E-state index in [2.05, 4.69) is 47.2 Å². The molecular formula is C26H24N12O3. The Labute approximate surface area is 232 Å². The quantitative estimate of drug-likeness (QED) is 0.174. The van der Waals surface area contributed by atoms with Crippen LogP contribution in [0.4, 0.5) is 11.5 Å². The number of amides is 2. The number of benzene rings is 2. The lowest BCUT2D eigenvalue weighted by Crippen LogP contribution is -2.26. The minimum absolute atomic E-state index is 0.00404. The summed E-state index contributed by atoms with van der Waals surface area (Å²) in [5.74, 6) is -1.01. The van der Waals surface area contributed by atoms with Gasteiger partial charge in [-0.2, -0.15) is 14.9 Å². The van der Waals surface area contributed by atoms with E-state index >= 15 is 0 Å². The van der Waals surface area contributed by atoms with Gasteiger partial charge in [-0.15, -0.1) is 5.10 Å². The number of carbonyl (C=O) groups is 2. The Balaban J connectivity index is 1.28. The van der Waals surface area contributed by atoms with Crippen molar-refractivity contribution in [2.75, 3.05) is 17.2 Å². The van der Waals surface area contributed by atoms with Gasteiger partial charge >= 0.3 is 0 Å². The molecule has 0 saturated carbocycles. The lowest BCUT2D eigenvalue weighted by Gasteiger charge is -2.19. The number of nitrogen functional groups attached to an aromatic ring is 1. The fourth-order valence-corrected chi connectivity index (χ4v) is 4.69. The van der Waals surface area contributed by atoms with Crippen LogP contribution in [0.5, 0.6) is 0 Å². The van der Waals surface area contributed by atoms with E-state index in [0.29, 0.717) is 23.5 Å². The van der Waals surface area contributed by atoms with Crippen LogP contribution >= 0.6 is 0 Å². The molecule has 0 spiro atoms. The van der Waals surface area contributed by atoms with Gasteiger partial charge in [0.25, 0.3) is 5.91 Å². The molecule has 15 heteroatoms. The summed E-state index contributed by atoms with van der Waals surface area (Å²) in [6, 6.07) is 17.4. The number of nitrogens with one attached hydrogen (secondary N) is 1. The van der Waals surface area contributed by atoms with Crippen LogP contribution in [0.2, 0.25) is 0 Å². The Morgan fingerprint density at radius 2 is 1.90 bits per heavy atom. The Hall–Kier alpha value is -5.86. The predicted molar refractivity (Wildman–Crippen MR) is 147 cm³/mol. The molecule has 0 radical (unpaired) electrons. The van der Waals surface area contributed by atoms with Crippen molar-refractivity contribution in [1.29, 1.82) is 0 Å². The van der Waals surface area contributed by atoms with Crippen LogP contribution in [-0.4, -0.2) is 59.7 Å². The number of hydrazone groups is 1. The molecule has 0 saturated heterocycles. The number of hydrogen-bond donors (Lipinski definition) is 3. The number of rotatable bonds is 9. The number of primary amides is 1. The van der Waals surface area contributed by atoms with Gasteiger partial charge in [-0.3, -0.25) is 14.3 Å². The molecule has 2 aromatic carbocycles. The number of hydrogen-bond acceptors (Lipinski definition) is 11. The first-order valence-corrected chi connectivity index (χ1v) is 12.6. The van der Waals surface area contributed by atoms with Crippen LogP contribution in [-0.2, 0) is 24.3 Å². The summed E-state index contributed by atoms with van der Waals surface area (Å²) in [6.45, 7) is 0.931. The number of nitrogens with zero attached hydrogens (tertiary/aromatic N) is 9. The summed E-state index contributed by atoms with van der Waals surface area (Å²) in [5.41, 5.74) is 18.4. The minimum atomic E-state index is -0.601. The first kappa shape index (κ1) is 25.4. The van der Waals surface area contributed by atoms with E-state index in [0.717, 1.165) is 24.2 Å². The Morgan fingerprint density at radius 3 is 2.68 bits per heavy atom. The van der Waals surface area contributed by atoms with Gasteiger partial charge in [0.15, 0.2) is 5.69 Å². The molecule has 1 aliphatic rings. The number of carbonyl (C=O) groups excluding carboxylic acids is 2. The highest BCUT2D eigenvalue weighted by molar-refractivity contribution is 5.95. The van der Waals surface area contributed by atoms with E-state index in [1.165, 1.54) is 21.1 Å². The third-order valence-corrected chi connectivity index (χ3v) is 6.52. The van der Waals surface area contributed by atoms with Gasteiger partial charge in [0.05, 0.1) is 18.5 Å². The maximum absolute atomic E-state index is 13.3. The Kier molecular flexibility index (Phi) is 6.65. The number of nitrogens with two attached hydrogens (primary N) is 2. The van der Waals surface area contributed by atoms with Crippen molar-refractivity contribution in [2.45, 2.75) is 19.5 Å². The third kappa shape index (κ3) is 5.10. The van der Waals surface area contributed by atoms with Crippen molar-refractivity contribution in [1.82, 2.24) is 40.5 Å². The smallest absolute Gasteiger partial charge is 0.293 e. The van der Waals surface area contributed by atoms with E-state index in [1.807, 2.05) is 48.5 Å². The Morgan fingerprint density at radius 1 is 1.10 bits per heavy atom. The number of anilines is 2. The van der Waals surface area contributed by atoms with Crippen LogP contribution < -0.4 is 21.8 Å². The van der Waals surface area contributed by atoms with Gasteiger partial charge < -0.3 is 16.4 Å². The molecule has 0 bridgehead atoms. The van der Waals surface area contributed by atoms with E-state index in [-0.39, 0.29) is 23.9 Å². The number of fused-ring (bicyclic) bond motifs is 1. The molecule has 3 aromatic heterocycles. The molecule has 206 valence electrons.